The standard InChI is InChI=1S/C15H22O3/c1-4-5-10-18-15(16)9-11-17-14-8-6-7-12(2)13(14)3/h6-8H,4-5,9-11H2,1-3H3. The van der Waals surface area contributed by atoms with Crippen LogP contribution in [0.5, 0.6) is 5.75 Å². The van der Waals surface area contributed by atoms with Gasteiger partial charge in [0.25, 0.3) is 0 Å². The van der Waals surface area contributed by atoms with E-state index in [1.807, 2.05) is 32.0 Å². The van der Waals surface area contributed by atoms with Crippen LogP contribution in [0.3, 0.4) is 0 Å². The van der Waals surface area contributed by atoms with E-state index in [0.717, 1.165) is 24.2 Å². The second-order valence-electron chi connectivity index (χ2n) is 4.37. The Balaban J connectivity index is 2.29. The van der Waals surface area contributed by atoms with Gasteiger partial charge in [-0.25, -0.2) is 0 Å². The molecule has 0 saturated heterocycles. The highest BCUT2D eigenvalue weighted by Gasteiger charge is 2.05. The third-order valence-electron chi connectivity index (χ3n) is 2.88. The Kier molecular flexibility index (Phi) is 6.26. The minimum Gasteiger partial charge on any atom is -0.493 e. The largest absolute Gasteiger partial charge is 0.493 e. The summed E-state index contributed by atoms with van der Waals surface area (Å²) in [7, 11) is 0. The Morgan fingerprint density at radius 3 is 2.72 bits per heavy atom. The predicted molar refractivity (Wildman–Crippen MR) is 71.9 cm³/mol. The Morgan fingerprint density at radius 1 is 1.22 bits per heavy atom. The molecule has 0 spiro atoms. The summed E-state index contributed by atoms with van der Waals surface area (Å²) in [5.74, 6) is 0.658. The average molecular weight is 250 g/mol. The summed E-state index contributed by atoms with van der Waals surface area (Å²) < 4.78 is 10.6. The second-order valence-corrected chi connectivity index (χ2v) is 4.37. The van der Waals surface area contributed by atoms with Crippen molar-refractivity contribution in [2.75, 3.05) is 13.2 Å². The van der Waals surface area contributed by atoms with Crippen molar-refractivity contribution >= 4 is 5.97 Å². The van der Waals surface area contributed by atoms with Gasteiger partial charge in [-0.3, -0.25) is 4.79 Å². The molecule has 0 saturated carbocycles. The fourth-order valence-corrected chi connectivity index (χ4v) is 1.53. The zero-order valence-electron chi connectivity index (χ0n) is 11.5. The van der Waals surface area contributed by atoms with E-state index in [2.05, 4.69) is 6.92 Å². The number of hydrogen-bond donors (Lipinski definition) is 0. The van der Waals surface area contributed by atoms with Crippen molar-refractivity contribution in [2.45, 2.75) is 40.0 Å². The van der Waals surface area contributed by atoms with E-state index in [1.165, 1.54) is 5.56 Å². The van der Waals surface area contributed by atoms with Crippen LogP contribution in [0, 0.1) is 13.8 Å². The number of carbonyl (C=O) groups excluding carboxylic acids is 1. The number of aryl methyl sites for hydroxylation is 1. The molecule has 0 heterocycles. The van der Waals surface area contributed by atoms with Crippen LogP contribution in [-0.4, -0.2) is 19.2 Å². The Bertz CT molecular complexity index is 385. The van der Waals surface area contributed by atoms with Crippen molar-refractivity contribution in [3.8, 4) is 5.75 Å². The summed E-state index contributed by atoms with van der Waals surface area (Å²) in [6, 6.07) is 5.92. The van der Waals surface area contributed by atoms with E-state index < -0.39 is 0 Å². The molecule has 0 aliphatic carbocycles. The van der Waals surface area contributed by atoms with Crippen molar-refractivity contribution in [2.24, 2.45) is 0 Å². The summed E-state index contributed by atoms with van der Waals surface area (Å²) in [6.07, 6.45) is 2.26. The molecule has 0 amide bonds. The number of benzene rings is 1. The number of ether oxygens (including phenoxy) is 2. The second kappa shape index (κ2) is 7.75. The van der Waals surface area contributed by atoms with Gasteiger partial charge in [0, 0.05) is 0 Å². The van der Waals surface area contributed by atoms with Gasteiger partial charge in [0.05, 0.1) is 19.6 Å². The molecule has 0 radical (unpaired) electrons. The Morgan fingerprint density at radius 2 is 2.00 bits per heavy atom. The summed E-state index contributed by atoms with van der Waals surface area (Å²) in [5, 5.41) is 0. The van der Waals surface area contributed by atoms with Crippen LogP contribution in [-0.2, 0) is 9.53 Å². The van der Waals surface area contributed by atoms with E-state index in [1.54, 1.807) is 0 Å². The van der Waals surface area contributed by atoms with Gasteiger partial charge in [0.2, 0.25) is 0 Å². The maximum absolute atomic E-state index is 11.4. The topological polar surface area (TPSA) is 35.5 Å². The lowest BCUT2D eigenvalue weighted by molar-refractivity contribution is -0.144. The van der Waals surface area contributed by atoms with Gasteiger partial charge in [-0.05, 0) is 37.5 Å². The van der Waals surface area contributed by atoms with E-state index >= 15 is 0 Å². The van der Waals surface area contributed by atoms with Crippen LogP contribution in [0.25, 0.3) is 0 Å². The smallest absolute Gasteiger partial charge is 0.309 e. The maximum atomic E-state index is 11.4. The quantitative estimate of drug-likeness (QED) is 0.549. The van der Waals surface area contributed by atoms with Crippen LogP contribution >= 0.6 is 0 Å². The molecule has 0 atom stereocenters. The summed E-state index contributed by atoms with van der Waals surface area (Å²) in [6.45, 7) is 7.01. The highest BCUT2D eigenvalue weighted by atomic mass is 16.5. The minimum absolute atomic E-state index is 0.186. The van der Waals surface area contributed by atoms with Crippen molar-refractivity contribution < 1.29 is 14.3 Å². The van der Waals surface area contributed by atoms with E-state index in [-0.39, 0.29) is 5.97 Å². The van der Waals surface area contributed by atoms with Crippen LogP contribution in [0.15, 0.2) is 18.2 Å². The number of carbonyl (C=O) groups is 1. The zero-order chi connectivity index (χ0) is 13.4. The Labute approximate surface area is 109 Å². The molecule has 1 aromatic carbocycles. The third-order valence-corrected chi connectivity index (χ3v) is 2.88. The maximum Gasteiger partial charge on any atom is 0.309 e. The third kappa shape index (κ3) is 4.78. The van der Waals surface area contributed by atoms with E-state index in [9.17, 15) is 4.79 Å². The molecule has 0 bridgehead atoms. The molecule has 0 N–H and O–H groups in total. The fourth-order valence-electron chi connectivity index (χ4n) is 1.53. The van der Waals surface area contributed by atoms with Crippen LogP contribution in [0.2, 0.25) is 0 Å². The van der Waals surface area contributed by atoms with Crippen LogP contribution < -0.4 is 4.74 Å². The van der Waals surface area contributed by atoms with Gasteiger partial charge in [0.15, 0.2) is 0 Å². The monoisotopic (exact) mass is 250 g/mol. The van der Waals surface area contributed by atoms with Gasteiger partial charge in [-0.1, -0.05) is 25.5 Å². The van der Waals surface area contributed by atoms with Crippen LogP contribution in [0.1, 0.15) is 37.3 Å². The molecule has 100 valence electrons. The summed E-state index contributed by atoms with van der Waals surface area (Å²) in [4.78, 5) is 11.4. The van der Waals surface area contributed by atoms with Crippen molar-refractivity contribution in [1.82, 2.24) is 0 Å². The van der Waals surface area contributed by atoms with Gasteiger partial charge in [-0.15, -0.1) is 0 Å². The van der Waals surface area contributed by atoms with Crippen molar-refractivity contribution in [3.63, 3.8) is 0 Å². The molecule has 0 unspecified atom stereocenters. The highest BCUT2D eigenvalue weighted by Crippen LogP contribution is 2.20. The normalized spacial score (nSPS) is 10.2. The first kappa shape index (κ1) is 14.6. The number of rotatable bonds is 7. The summed E-state index contributed by atoms with van der Waals surface area (Å²) >= 11 is 0. The first-order chi connectivity index (χ1) is 8.65. The molecule has 3 heteroatoms. The van der Waals surface area contributed by atoms with E-state index in [4.69, 9.17) is 9.47 Å². The highest BCUT2D eigenvalue weighted by molar-refractivity contribution is 5.69. The first-order valence-corrected chi connectivity index (χ1v) is 6.49. The van der Waals surface area contributed by atoms with Gasteiger partial charge >= 0.3 is 5.97 Å². The fraction of sp³-hybridized carbons (Fsp3) is 0.533. The van der Waals surface area contributed by atoms with Gasteiger partial charge < -0.3 is 9.47 Å². The van der Waals surface area contributed by atoms with Gasteiger partial charge in [0.1, 0.15) is 5.75 Å². The molecule has 18 heavy (non-hydrogen) atoms. The molecule has 0 aliphatic rings. The zero-order valence-corrected chi connectivity index (χ0v) is 11.5. The molecular formula is C15H22O3. The molecule has 1 rings (SSSR count). The Hall–Kier alpha value is -1.51. The predicted octanol–water partition coefficient (Wildman–Crippen LogP) is 3.42. The number of hydrogen-bond acceptors (Lipinski definition) is 3. The molecule has 1 aromatic rings. The molecule has 3 nitrogen and oxygen atoms in total. The lowest BCUT2D eigenvalue weighted by Crippen LogP contribution is -2.11. The van der Waals surface area contributed by atoms with Crippen molar-refractivity contribution in [3.05, 3.63) is 29.3 Å². The minimum atomic E-state index is -0.186. The first-order valence-electron chi connectivity index (χ1n) is 6.49. The molecule has 0 fully saturated rings. The van der Waals surface area contributed by atoms with Crippen LogP contribution in [0.4, 0.5) is 0 Å². The van der Waals surface area contributed by atoms with Gasteiger partial charge in [-0.2, -0.15) is 0 Å². The molecule has 0 aromatic heterocycles. The average Bonchev–Trinajstić information content (AvgIpc) is 2.35. The van der Waals surface area contributed by atoms with E-state index in [0.29, 0.717) is 19.6 Å². The van der Waals surface area contributed by atoms with Crippen molar-refractivity contribution in [1.29, 1.82) is 0 Å². The molecule has 0 aliphatic heterocycles. The summed E-state index contributed by atoms with van der Waals surface area (Å²) in [5.41, 5.74) is 2.31. The number of unbranched alkanes of at least 4 members (excludes halogenated alkanes) is 1. The SMILES string of the molecule is CCCCOC(=O)CCOc1cccc(C)c1C. The lowest BCUT2D eigenvalue weighted by Gasteiger charge is -2.10. The molecular weight excluding hydrogens is 228 g/mol. The number of esters is 1. The lowest BCUT2D eigenvalue weighted by atomic mass is 10.1.